The maximum atomic E-state index is 14.1. The first-order valence-corrected chi connectivity index (χ1v) is 6.93. The highest BCUT2D eigenvalue weighted by molar-refractivity contribution is 5.17. The van der Waals surface area contributed by atoms with Gasteiger partial charge < -0.3 is 5.11 Å². The number of halogens is 2. The van der Waals surface area contributed by atoms with Crippen LogP contribution in [0.15, 0.2) is 42.0 Å². The molecule has 20 heavy (non-hydrogen) atoms. The molecule has 0 aliphatic carbocycles. The van der Waals surface area contributed by atoms with Crippen LogP contribution in [0.5, 0.6) is 0 Å². The van der Waals surface area contributed by atoms with Crippen LogP contribution in [0.4, 0.5) is 8.78 Å². The van der Waals surface area contributed by atoms with E-state index >= 15 is 0 Å². The third-order valence-corrected chi connectivity index (χ3v) is 3.45. The minimum absolute atomic E-state index is 0.0643. The molecular weight excluding hydrogens is 258 g/mol. The molecule has 1 nitrogen and oxygen atoms in total. The Morgan fingerprint density at radius 3 is 2.25 bits per heavy atom. The number of benzene rings is 1. The fourth-order valence-electron chi connectivity index (χ4n) is 2.03. The van der Waals surface area contributed by atoms with Crippen molar-refractivity contribution in [3.63, 3.8) is 0 Å². The third kappa shape index (κ3) is 4.41. The van der Waals surface area contributed by atoms with Gasteiger partial charge in [-0.05, 0) is 30.9 Å². The van der Waals surface area contributed by atoms with E-state index in [0.717, 1.165) is 5.56 Å². The lowest BCUT2D eigenvalue weighted by Gasteiger charge is -2.31. The van der Waals surface area contributed by atoms with E-state index in [9.17, 15) is 13.9 Å². The molecule has 1 unspecified atom stereocenters. The summed E-state index contributed by atoms with van der Waals surface area (Å²) >= 11 is 0. The van der Waals surface area contributed by atoms with Crippen molar-refractivity contribution in [1.82, 2.24) is 0 Å². The molecule has 1 rings (SSSR count). The van der Waals surface area contributed by atoms with Crippen LogP contribution in [-0.4, -0.2) is 17.1 Å². The molecule has 0 bridgehead atoms. The molecular formula is C17H24F2O. The predicted molar refractivity (Wildman–Crippen MR) is 78.9 cm³/mol. The largest absolute Gasteiger partial charge is 0.389 e. The average molecular weight is 282 g/mol. The lowest BCUT2D eigenvalue weighted by Crippen LogP contribution is -2.35. The van der Waals surface area contributed by atoms with Crippen LogP contribution in [0.1, 0.15) is 39.7 Å². The Kier molecular flexibility index (Phi) is 5.46. The molecule has 0 heterocycles. The molecule has 0 aliphatic rings. The lowest BCUT2D eigenvalue weighted by molar-refractivity contribution is -0.0620. The fourth-order valence-corrected chi connectivity index (χ4v) is 2.03. The van der Waals surface area contributed by atoms with Crippen LogP contribution in [0.3, 0.4) is 0 Å². The minimum Gasteiger partial charge on any atom is -0.389 e. The summed E-state index contributed by atoms with van der Waals surface area (Å²) in [5, 5.41) is 9.90. The van der Waals surface area contributed by atoms with E-state index < -0.39 is 17.4 Å². The normalized spacial score (nSPS) is 15.2. The van der Waals surface area contributed by atoms with E-state index in [2.05, 4.69) is 0 Å². The van der Waals surface area contributed by atoms with E-state index in [4.69, 9.17) is 0 Å². The third-order valence-electron chi connectivity index (χ3n) is 3.45. The van der Waals surface area contributed by atoms with Crippen molar-refractivity contribution in [2.75, 3.05) is 0 Å². The Bertz CT molecular complexity index is 444. The summed E-state index contributed by atoms with van der Waals surface area (Å²) in [5.41, 5.74) is -0.113. The molecule has 1 aromatic rings. The van der Waals surface area contributed by atoms with Crippen LogP contribution < -0.4 is 0 Å². The van der Waals surface area contributed by atoms with Gasteiger partial charge in [-0.3, -0.25) is 0 Å². The Hall–Kier alpha value is -1.22. The van der Waals surface area contributed by atoms with Gasteiger partial charge in [0.2, 0.25) is 0 Å². The molecule has 1 N–H and O–H groups in total. The Morgan fingerprint density at radius 2 is 1.75 bits per heavy atom. The molecule has 0 fully saturated rings. The molecule has 1 aromatic carbocycles. The molecule has 0 saturated heterocycles. The standard InChI is InChI=1S/C17H24F2O/c1-13(17(18,19)16(2,3)4)12-15(20)11-10-14-8-6-5-7-9-14/h5-9,12,15,20H,10-11H2,1-4H3/b13-12+. The quantitative estimate of drug-likeness (QED) is 0.782. The number of aliphatic hydroxyl groups excluding tert-OH is 1. The van der Waals surface area contributed by atoms with Gasteiger partial charge in [0.25, 0.3) is 5.92 Å². The lowest BCUT2D eigenvalue weighted by atomic mass is 9.83. The maximum Gasteiger partial charge on any atom is 0.273 e. The zero-order valence-electron chi connectivity index (χ0n) is 12.7. The second kappa shape index (κ2) is 6.49. The van der Waals surface area contributed by atoms with Gasteiger partial charge in [0.1, 0.15) is 0 Å². The Balaban J connectivity index is 2.65. The summed E-state index contributed by atoms with van der Waals surface area (Å²) in [6, 6.07) is 9.71. The topological polar surface area (TPSA) is 20.2 Å². The molecule has 0 saturated carbocycles. The van der Waals surface area contributed by atoms with Crippen LogP contribution in [0.2, 0.25) is 0 Å². The zero-order chi connectivity index (χ0) is 15.4. The summed E-state index contributed by atoms with van der Waals surface area (Å²) in [6.07, 6.45) is 1.56. The van der Waals surface area contributed by atoms with Crippen LogP contribution in [0, 0.1) is 5.41 Å². The van der Waals surface area contributed by atoms with Crippen molar-refractivity contribution < 1.29 is 13.9 Å². The number of hydrogen-bond acceptors (Lipinski definition) is 1. The number of allylic oxidation sites excluding steroid dienone is 1. The van der Waals surface area contributed by atoms with Gasteiger partial charge >= 0.3 is 0 Å². The molecule has 1 atom stereocenters. The van der Waals surface area contributed by atoms with Gasteiger partial charge in [-0.15, -0.1) is 0 Å². The van der Waals surface area contributed by atoms with E-state index in [1.54, 1.807) is 0 Å². The predicted octanol–water partition coefficient (Wildman–Crippen LogP) is 4.61. The monoisotopic (exact) mass is 282 g/mol. The molecule has 0 aromatic heterocycles. The van der Waals surface area contributed by atoms with Gasteiger partial charge in [0.05, 0.1) is 6.10 Å². The highest BCUT2D eigenvalue weighted by Crippen LogP contribution is 2.41. The highest BCUT2D eigenvalue weighted by Gasteiger charge is 2.44. The zero-order valence-corrected chi connectivity index (χ0v) is 12.7. The van der Waals surface area contributed by atoms with Crippen LogP contribution >= 0.6 is 0 Å². The molecule has 0 radical (unpaired) electrons. The number of hydrogen-bond donors (Lipinski definition) is 1. The number of aliphatic hydroxyl groups is 1. The Labute approximate surface area is 120 Å². The molecule has 0 amide bonds. The number of aryl methyl sites for hydroxylation is 1. The molecule has 3 heteroatoms. The van der Waals surface area contributed by atoms with Crippen molar-refractivity contribution in [3.8, 4) is 0 Å². The van der Waals surface area contributed by atoms with Crippen molar-refractivity contribution >= 4 is 0 Å². The summed E-state index contributed by atoms with van der Waals surface area (Å²) in [6.45, 7) is 5.89. The van der Waals surface area contributed by atoms with Gasteiger partial charge in [-0.1, -0.05) is 57.2 Å². The van der Waals surface area contributed by atoms with Crippen LogP contribution in [-0.2, 0) is 6.42 Å². The SMILES string of the molecule is C/C(=C\C(O)CCc1ccccc1)C(F)(F)C(C)(C)C. The van der Waals surface area contributed by atoms with Crippen molar-refractivity contribution in [2.45, 2.75) is 52.6 Å². The van der Waals surface area contributed by atoms with E-state index in [0.29, 0.717) is 12.8 Å². The number of rotatable bonds is 5. The van der Waals surface area contributed by atoms with Crippen LogP contribution in [0.25, 0.3) is 0 Å². The highest BCUT2D eigenvalue weighted by atomic mass is 19.3. The van der Waals surface area contributed by atoms with Gasteiger partial charge in [-0.25, -0.2) is 8.78 Å². The second-order valence-corrected chi connectivity index (χ2v) is 6.27. The first-order chi connectivity index (χ1) is 9.14. The van der Waals surface area contributed by atoms with Gasteiger partial charge in [0, 0.05) is 5.41 Å². The summed E-state index contributed by atoms with van der Waals surface area (Å²) < 4.78 is 28.1. The number of alkyl halides is 2. The average Bonchev–Trinajstić information content (AvgIpc) is 2.36. The van der Waals surface area contributed by atoms with Gasteiger partial charge in [0.15, 0.2) is 0 Å². The Morgan fingerprint density at radius 1 is 1.20 bits per heavy atom. The smallest absolute Gasteiger partial charge is 0.273 e. The van der Waals surface area contributed by atoms with E-state index in [-0.39, 0.29) is 5.57 Å². The van der Waals surface area contributed by atoms with Gasteiger partial charge in [-0.2, -0.15) is 0 Å². The fraction of sp³-hybridized carbons (Fsp3) is 0.529. The summed E-state index contributed by atoms with van der Waals surface area (Å²) in [5.74, 6) is -2.92. The first kappa shape index (κ1) is 16.8. The van der Waals surface area contributed by atoms with Crippen molar-refractivity contribution in [2.24, 2.45) is 5.41 Å². The van der Waals surface area contributed by atoms with Crippen molar-refractivity contribution in [1.29, 1.82) is 0 Å². The molecule has 0 aliphatic heterocycles. The summed E-state index contributed by atoms with van der Waals surface area (Å²) in [7, 11) is 0. The van der Waals surface area contributed by atoms with E-state index in [1.165, 1.54) is 33.8 Å². The first-order valence-electron chi connectivity index (χ1n) is 6.93. The molecule has 112 valence electrons. The molecule has 0 spiro atoms. The minimum atomic E-state index is -2.92. The second-order valence-electron chi connectivity index (χ2n) is 6.27. The van der Waals surface area contributed by atoms with Crippen molar-refractivity contribution in [3.05, 3.63) is 47.5 Å². The summed E-state index contributed by atoms with van der Waals surface area (Å²) in [4.78, 5) is 0. The maximum absolute atomic E-state index is 14.1. The van der Waals surface area contributed by atoms with E-state index in [1.807, 2.05) is 30.3 Å².